The Kier molecular flexibility index (Phi) is 5.26. The predicted octanol–water partition coefficient (Wildman–Crippen LogP) is 2.56. The number of carbonyl (C=O) groups is 2. The summed E-state index contributed by atoms with van der Waals surface area (Å²) < 4.78 is 0. The molecule has 0 radical (unpaired) electrons. The molecule has 0 atom stereocenters. The van der Waals surface area contributed by atoms with E-state index >= 15 is 0 Å². The van der Waals surface area contributed by atoms with Crippen molar-refractivity contribution in [2.24, 2.45) is 5.92 Å². The van der Waals surface area contributed by atoms with Crippen LogP contribution in [-0.4, -0.2) is 53.1 Å². The van der Waals surface area contributed by atoms with E-state index in [9.17, 15) is 9.59 Å². The van der Waals surface area contributed by atoms with E-state index in [-0.39, 0.29) is 18.6 Å². The van der Waals surface area contributed by atoms with E-state index in [1.807, 2.05) is 7.05 Å². The molecule has 2 aliphatic rings. The Balaban J connectivity index is 1.94. The summed E-state index contributed by atoms with van der Waals surface area (Å²) in [6, 6.07) is 0.173. The zero-order valence-corrected chi connectivity index (χ0v) is 12.4. The van der Waals surface area contributed by atoms with Crippen molar-refractivity contribution < 1.29 is 14.7 Å². The lowest BCUT2D eigenvalue weighted by molar-refractivity contribution is -0.137. The van der Waals surface area contributed by atoms with Gasteiger partial charge in [0.2, 0.25) is 0 Å². The number of carboxylic acids is 1. The van der Waals surface area contributed by atoms with Gasteiger partial charge in [0.05, 0.1) is 0 Å². The van der Waals surface area contributed by atoms with Crippen molar-refractivity contribution in [3.05, 3.63) is 0 Å². The second kappa shape index (κ2) is 6.95. The van der Waals surface area contributed by atoms with Crippen LogP contribution in [0.15, 0.2) is 0 Å². The number of aliphatic carboxylic acids is 1. The van der Waals surface area contributed by atoms with E-state index in [0.29, 0.717) is 12.5 Å². The monoisotopic (exact) mass is 282 g/mol. The third-order valence-electron chi connectivity index (χ3n) is 4.45. The highest BCUT2D eigenvalue weighted by atomic mass is 16.4. The summed E-state index contributed by atoms with van der Waals surface area (Å²) in [4.78, 5) is 26.8. The van der Waals surface area contributed by atoms with Crippen LogP contribution in [0.4, 0.5) is 4.79 Å². The Bertz CT molecular complexity index is 347. The van der Waals surface area contributed by atoms with Crippen LogP contribution < -0.4 is 0 Å². The van der Waals surface area contributed by atoms with Crippen LogP contribution in [0.3, 0.4) is 0 Å². The number of hydrogen-bond acceptors (Lipinski definition) is 2. The molecule has 0 saturated heterocycles. The summed E-state index contributed by atoms with van der Waals surface area (Å²) in [5.41, 5.74) is 0. The van der Waals surface area contributed by atoms with Gasteiger partial charge < -0.3 is 14.9 Å². The van der Waals surface area contributed by atoms with Gasteiger partial charge in [-0.05, 0) is 31.6 Å². The zero-order chi connectivity index (χ0) is 14.5. The minimum atomic E-state index is -0.923. The molecule has 0 aliphatic heterocycles. The third kappa shape index (κ3) is 4.39. The Hall–Kier alpha value is -1.26. The number of nitrogens with zero attached hydrogens (tertiary/aromatic N) is 2. The number of urea groups is 1. The molecule has 0 heterocycles. The van der Waals surface area contributed by atoms with Crippen LogP contribution in [-0.2, 0) is 4.79 Å². The first-order valence-corrected chi connectivity index (χ1v) is 7.81. The van der Waals surface area contributed by atoms with Gasteiger partial charge in [0.15, 0.2) is 0 Å². The molecule has 2 saturated carbocycles. The zero-order valence-electron chi connectivity index (χ0n) is 12.4. The minimum Gasteiger partial charge on any atom is -0.480 e. The third-order valence-corrected chi connectivity index (χ3v) is 4.45. The molecule has 0 aromatic heterocycles. The molecule has 5 nitrogen and oxygen atoms in total. The number of carbonyl (C=O) groups excluding carboxylic acids is 1. The maximum atomic E-state index is 12.5. The molecule has 1 N–H and O–H groups in total. The quantitative estimate of drug-likeness (QED) is 0.788. The lowest BCUT2D eigenvalue weighted by atomic mass is 10.1. The average Bonchev–Trinajstić information content (AvgIpc) is 3.22. The first-order chi connectivity index (χ1) is 9.58. The lowest BCUT2D eigenvalue weighted by Crippen LogP contribution is -2.48. The van der Waals surface area contributed by atoms with Crippen LogP contribution in [0.5, 0.6) is 0 Å². The fraction of sp³-hybridized carbons (Fsp3) is 0.867. The minimum absolute atomic E-state index is 0.105. The number of amides is 2. The summed E-state index contributed by atoms with van der Waals surface area (Å²) in [7, 11) is 1.83. The summed E-state index contributed by atoms with van der Waals surface area (Å²) >= 11 is 0. The standard InChI is InChI=1S/C15H26N2O3/c1-16(13-6-4-2-3-5-7-13)15(20)17(11-14(18)19)10-12-8-9-12/h12-13H,2-11H2,1H3,(H,18,19). The molecule has 2 rings (SSSR count). The van der Waals surface area contributed by atoms with Crippen LogP contribution in [0.25, 0.3) is 0 Å². The molecule has 114 valence electrons. The highest BCUT2D eigenvalue weighted by Gasteiger charge is 2.31. The van der Waals surface area contributed by atoms with Crippen molar-refractivity contribution >= 4 is 12.0 Å². The molecular weight excluding hydrogens is 256 g/mol. The molecule has 0 bridgehead atoms. The van der Waals surface area contributed by atoms with Gasteiger partial charge >= 0.3 is 12.0 Å². The largest absolute Gasteiger partial charge is 0.480 e. The maximum Gasteiger partial charge on any atom is 0.323 e. The normalized spacial score (nSPS) is 20.2. The molecule has 2 fully saturated rings. The molecular formula is C15H26N2O3. The van der Waals surface area contributed by atoms with E-state index < -0.39 is 5.97 Å². The second-order valence-corrected chi connectivity index (χ2v) is 6.26. The molecule has 20 heavy (non-hydrogen) atoms. The van der Waals surface area contributed by atoms with Crippen molar-refractivity contribution in [1.82, 2.24) is 9.80 Å². The molecule has 2 amide bonds. The lowest BCUT2D eigenvalue weighted by Gasteiger charge is -2.32. The fourth-order valence-electron chi connectivity index (χ4n) is 3.01. The molecule has 0 spiro atoms. The SMILES string of the molecule is CN(C(=O)N(CC(=O)O)CC1CC1)C1CCCCCC1. The highest BCUT2D eigenvalue weighted by Crippen LogP contribution is 2.30. The van der Waals surface area contributed by atoms with Crippen molar-refractivity contribution in [2.45, 2.75) is 57.4 Å². The second-order valence-electron chi connectivity index (χ2n) is 6.26. The average molecular weight is 282 g/mol. The van der Waals surface area contributed by atoms with Crippen molar-refractivity contribution in [3.8, 4) is 0 Å². The first-order valence-electron chi connectivity index (χ1n) is 7.81. The van der Waals surface area contributed by atoms with E-state index in [1.165, 1.54) is 30.6 Å². The molecule has 5 heteroatoms. The predicted molar refractivity (Wildman–Crippen MR) is 76.6 cm³/mol. The highest BCUT2D eigenvalue weighted by molar-refractivity contribution is 5.80. The van der Waals surface area contributed by atoms with E-state index in [4.69, 9.17) is 5.11 Å². The van der Waals surface area contributed by atoms with Gasteiger partial charge in [0.25, 0.3) is 0 Å². The smallest absolute Gasteiger partial charge is 0.323 e. The van der Waals surface area contributed by atoms with Gasteiger partial charge in [-0.3, -0.25) is 4.79 Å². The van der Waals surface area contributed by atoms with Crippen molar-refractivity contribution in [3.63, 3.8) is 0 Å². The molecule has 0 aromatic carbocycles. The summed E-state index contributed by atoms with van der Waals surface area (Å²) in [6.07, 6.45) is 9.18. The van der Waals surface area contributed by atoms with Gasteiger partial charge in [-0.15, -0.1) is 0 Å². The van der Waals surface area contributed by atoms with Crippen molar-refractivity contribution in [2.75, 3.05) is 20.1 Å². The van der Waals surface area contributed by atoms with Crippen LogP contribution >= 0.6 is 0 Å². The number of rotatable bonds is 5. The molecule has 2 aliphatic carbocycles. The Labute approximate surface area is 120 Å². The van der Waals surface area contributed by atoms with Crippen LogP contribution in [0, 0.1) is 5.92 Å². The Morgan fingerprint density at radius 3 is 2.15 bits per heavy atom. The van der Waals surface area contributed by atoms with Gasteiger partial charge in [-0.1, -0.05) is 25.7 Å². The Morgan fingerprint density at radius 2 is 1.65 bits per heavy atom. The number of hydrogen-bond donors (Lipinski definition) is 1. The van der Waals surface area contributed by atoms with Gasteiger partial charge in [-0.25, -0.2) is 4.79 Å². The van der Waals surface area contributed by atoms with Crippen molar-refractivity contribution in [1.29, 1.82) is 0 Å². The summed E-state index contributed by atoms with van der Waals surface area (Å²) in [6.45, 7) is 0.425. The van der Waals surface area contributed by atoms with Crippen LogP contribution in [0.1, 0.15) is 51.4 Å². The number of carboxylic acid groups (broad SMARTS) is 1. The van der Waals surface area contributed by atoms with E-state index in [1.54, 1.807) is 4.90 Å². The van der Waals surface area contributed by atoms with E-state index in [0.717, 1.165) is 25.7 Å². The maximum absolute atomic E-state index is 12.5. The van der Waals surface area contributed by atoms with Gasteiger partial charge in [-0.2, -0.15) is 0 Å². The fourth-order valence-corrected chi connectivity index (χ4v) is 3.01. The first kappa shape index (κ1) is 15.1. The summed E-state index contributed by atoms with van der Waals surface area (Å²) in [5.74, 6) is -0.408. The topological polar surface area (TPSA) is 60.9 Å². The summed E-state index contributed by atoms with van der Waals surface area (Å²) in [5, 5.41) is 8.99. The van der Waals surface area contributed by atoms with Gasteiger partial charge in [0.1, 0.15) is 6.54 Å². The van der Waals surface area contributed by atoms with Gasteiger partial charge in [0, 0.05) is 19.6 Å². The van der Waals surface area contributed by atoms with Crippen LogP contribution in [0.2, 0.25) is 0 Å². The Morgan fingerprint density at radius 1 is 1.05 bits per heavy atom. The molecule has 0 aromatic rings. The molecule has 0 unspecified atom stereocenters. The van der Waals surface area contributed by atoms with E-state index in [2.05, 4.69) is 0 Å².